The Balaban J connectivity index is 1.70. The molecule has 0 radical (unpaired) electrons. The predicted molar refractivity (Wildman–Crippen MR) is 97.7 cm³/mol. The maximum absolute atomic E-state index is 12.4. The Morgan fingerprint density at radius 3 is 2.60 bits per heavy atom. The molecule has 3 rings (SSSR count). The van der Waals surface area contributed by atoms with Gasteiger partial charge in [-0.15, -0.1) is 0 Å². The van der Waals surface area contributed by atoms with Gasteiger partial charge in [0.05, 0.1) is 25.2 Å². The highest BCUT2D eigenvalue weighted by Crippen LogP contribution is 2.28. The SMILES string of the molecule is COc1ccc(Cl)cc1NC(=O)c1cnc(N2CCN(C)CC2)cn1. The molecule has 7 nitrogen and oxygen atoms in total. The van der Waals surface area contributed by atoms with Gasteiger partial charge in [0, 0.05) is 31.2 Å². The fourth-order valence-electron chi connectivity index (χ4n) is 2.60. The summed E-state index contributed by atoms with van der Waals surface area (Å²) in [6.07, 6.45) is 3.12. The third kappa shape index (κ3) is 4.18. The van der Waals surface area contributed by atoms with Crippen LogP contribution in [-0.2, 0) is 0 Å². The lowest BCUT2D eigenvalue weighted by Crippen LogP contribution is -2.44. The van der Waals surface area contributed by atoms with Crippen LogP contribution in [0, 0.1) is 0 Å². The van der Waals surface area contributed by atoms with E-state index >= 15 is 0 Å². The van der Waals surface area contributed by atoms with Gasteiger partial charge < -0.3 is 19.9 Å². The van der Waals surface area contributed by atoms with Crippen LogP contribution in [0.25, 0.3) is 0 Å². The van der Waals surface area contributed by atoms with Gasteiger partial charge in [-0.3, -0.25) is 4.79 Å². The maximum atomic E-state index is 12.4. The van der Waals surface area contributed by atoms with E-state index in [2.05, 4.69) is 32.1 Å². The third-order valence-corrected chi connectivity index (χ3v) is 4.34. The molecule has 1 aliphatic rings. The van der Waals surface area contributed by atoms with Gasteiger partial charge in [0.1, 0.15) is 17.3 Å². The Hall–Kier alpha value is -2.38. The van der Waals surface area contributed by atoms with E-state index in [1.165, 1.54) is 13.3 Å². The smallest absolute Gasteiger partial charge is 0.275 e. The minimum atomic E-state index is -0.363. The molecular weight excluding hydrogens is 342 g/mol. The summed E-state index contributed by atoms with van der Waals surface area (Å²) in [5.41, 5.74) is 0.727. The van der Waals surface area contributed by atoms with Gasteiger partial charge in [-0.1, -0.05) is 11.6 Å². The van der Waals surface area contributed by atoms with Gasteiger partial charge in [0.25, 0.3) is 5.91 Å². The quantitative estimate of drug-likeness (QED) is 0.899. The van der Waals surface area contributed by atoms with Crippen molar-refractivity contribution in [2.24, 2.45) is 0 Å². The van der Waals surface area contributed by atoms with Crippen LogP contribution in [0.4, 0.5) is 11.5 Å². The van der Waals surface area contributed by atoms with E-state index in [4.69, 9.17) is 16.3 Å². The van der Waals surface area contributed by atoms with Crippen LogP contribution in [0.15, 0.2) is 30.6 Å². The normalized spacial score (nSPS) is 15.1. The molecule has 0 saturated carbocycles. The molecule has 25 heavy (non-hydrogen) atoms. The van der Waals surface area contributed by atoms with E-state index in [0.29, 0.717) is 16.5 Å². The second-order valence-corrected chi connectivity index (χ2v) is 6.29. The molecule has 0 unspecified atom stereocenters. The molecule has 1 aromatic carbocycles. The number of carbonyl (C=O) groups excluding carboxylic acids is 1. The fourth-order valence-corrected chi connectivity index (χ4v) is 2.77. The van der Waals surface area contributed by atoms with Gasteiger partial charge in [0.15, 0.2) is 0 Å². The number of rotatable bonds is 4. The number of halogens is 1. The molecule has 1 aliphatic heterocycles. The number of aromatic nitrogens is 2. The highest BCUT2D eigenvalue weighted by molar-refractivity contribution is 6.31. The van der Waals surface area contributed by atoms with Crippen molar-refractivity contribution >= 4 is 29.0 Å². The molecule has 2 aromatic rings. The highest BCUT2D eigenvalue weighted by atomic mass is 35.5. The van der Waals surface area contributed by atoms with E-state index in [-0.39, 0.29) is 11.6 Å². The van der Waals surface area contributed by atoms with Crippen LogP contribution in [0.1, 0.15) is 10.5 Å². The number of benzene rings is 1. The summed E-state index contributed by atoms with van der Waals surface area (Å²) in [5.74, 6) is 0.947. The Bertz CT molecular complexity index is 745. The second-order valence-electron chi connectivity index (χ2n) is 5.85. The Morgan fingerprint density at radius 1 is 1.20 bits per heavy atom. The van der Waals surface area contributed by atoms with Gasteiger partial charge >= 0.3 is 0 Å². The summed E-state index contributed by atoms with van der Waals surface area (Å²) in [6.45, 7) is 3.77. The van der Waals surface area contributed by atoms with E-state index in [1.807, 2.05) is 0 Å². The van der Waals surface area contributed by atoms with Crippen LogP contribution < -0.4 is 15.0 Å². The summed E-state index contributed by atoms with van der Waals surface area (Å²) in [5, 5.41) is 3.26. The zero-order chi connectivity index (χ0) is 17.8. The van der Waals surface area contributed by atoms with Crippen LogP contribution in [-0.4, -0.2) is 61.1 Å². The number of hydrogen-bond acceptors (Lipinski definition) is 6. The number of methoxy groups -OCH3 is 1. The van der Waals surface area contributed by atoms with E-state index in [9.17, 15) is 4.79 Å². The minimum Gasteiger partial charge on any atom is -0.495 e. The number of hydrogen-bond donors (Lipinski definition) is 1. The zero-order valence-electron chi connectivity index (χ0n) is 14.2. The summed E-state index contributed by atoms with van der Waals surface area (Å²) >= 11 is 5.98. The molecule has 1 aromatic heterocycles. The lowest BCUT2D eigenvalue weighted by Gasteiger charge is -2.32. The van der Waals surface area contributed by atoms with Gasteiger partial charge in [-0.25, -0.2) is 9.97 Å². The molecule has 0 atom stereocenters. The van der Waals surface area contributed by atoms with Crippen molar-refractivity contribution in [1.29, 1.82) is 0 Å². The van der Waals surface area contributed by atoms with Crippen LogP contribution >= 0.6 is 11.6 Å². The molecule has 1 amide bonds. The van der Waals surface area contributed by atoms with Crippen molar-refractivity contribution < 1.29 is 9.53 Å². The number of nitrogens with one attached hydrogen (secondary N) is 1. The molecule has 0 spiro atoms. The predicted octanol–water partition coefficient (Wildman–Crippen LogP) is 2.14. The van der Waals surface area contributed by atoms with Crippen LogP contribution in [0.5, 0.6) is 5.75 Å². The third-order valence-electron chi connectivity index (χ3n) is 4.11. The molecule has 132 valence electrons. The first-order chi connectivity index (χ1) is 12.1. The van der Waals surface area contributed by atoms with Crippen molar-refractivity contribution in [3.8, 4) is 5.75 Å². The largest absolute Gasteiger partial charge is 0.495 e. The fraction of sp³-hybridized carbons (Fsp3) is 0.353. The first-order valence-electron chi connectivity index (χ1n) is 7.97. The van der Waals surface area contributed by atoms with E-state index < -0.39 is 0 Å². The molecular formula is C17H20ClN5O2. The molecule has 2 heterocycles. The monoisotopic (exact) mass is 361 g/mol. The molecule has 1 saturated heterocycles. The standard InChI is InChI=1S/C17H20ClN5O2/c1-22-5-7-23(8-6-22)16-11-19-14(10-20-16)17(24)21-13-9-12(18)3-4-15(13)25-2/h3-4,9-11H,5-8H2,1-2H3,(H,21,24). The van der Waals surface area contributed by atoms with Crippen molar-refractivity contribution in [2.45, 2.75) is 0 Å². The van der Waals surface area contributed by atoms with Gasteiger partial charge in [-0.05, 0) is 25.2 Å². The molecule has 0 aliphatic carbocycles. The summed E-state index contributed by atoms with van der Waals surface area (Å²) in [7, 11) is 3.63. The summed E-state index contributed by atoms with van der Waals surface area (Å²) in [4.78, 5) is 25.4. The molecule has 1 fully saturated rings. The topological polar surface area (TPSA) is 70.6 Å². The molecule has 1 N–H and O–H groups in total. The Morgan fingerprint density at radius 2 is 1.96 bits per heavy atom. The number of likely N-dealkylation sites (N-methyl/N-ethyl adjacent to an activating group) is 1. The first-order valence-corrected chi connectivity index (χ1v) is 8.35. The average molecular weight is 362 g/mol. The summed E-state index contributed by atoms with van der Waals surface area (Å²) in [6, 6.07) is 5.02. The zero-order valence-corrected chi connectivity index (χ0v) is 15.0. The van der Waals surface area contributed by atoms with Crippen molar-refractivity contribution in [2.75, 3.05) is 50.6 Å². The number of amides is 1. The van der Waals surface area contributed by atoms with Crippen molar-refractivity contribution in [1.82, 2.24) is 14.9 Å². The van der Waals surface area contributed by atoms with Crippen LogP contribution in [0.2, 0.25) is 5.02 Å². The number of ether oxygens (including phenoxy) is 1. The first kappa shape index (κ1) is 17.4. The number of anilines is 2. The van der Waals surface area contributed by atoms with Crippen molar-refractivity contribution in [3.05, 3.63) is 41.3 Å². The second kappa shape index (κ2) is 7.67. The van der Waals surface area contributed by atoms with Crippen LogP contribution in [0.3, 0.4) is 0 Å². The van der Waals surface area contributed by atoms with Gasteiger partial charge in [-0.2, -0.15) is 0 Å². The minimum absolute atomic E-state index is 0.236. The Kier molecular flexibility index (Phi) is 5.35. The number of piperazine rings is 1. The van der Waals surface area contributed by atoms with E-state index in [0.717, 1.165) is 32.0 Å². The maximum Gasteiger partial charge on any atom is 0.275 e. The Labute approximate surface area is 151 Å². The average Bonchev–Trinajstić information content (AvgIpc) is 2.63. The molecule has 8 heteroatoms. The lowest BCUT2D eigenvalue weighted by atomic mass is 10.2. The number of nitrogens with zero attached hydrogens (tertiary/aromatic N) is 4. The van der Waals surface area contributed by atoms with Crippen molar-refractivity contribution in [3.63, 3.8) is 0 Å². The molecule has 0 bridgehead atoms. The number of carbonyl (C=O) groups is 1. The summed E-state index contributed by atoms with van der Waals surface area (Å²) < 4.78 is 5.22. The lowest BCUT2D eigenvalue weighted by molar-refractivity contribution is 0.102. The highest BCUT2D eigenvalue weighted by Gasteiger charge is 2.17. The van der Waals surface area contributed by atoms with Gasteiger partial charge in [0.2, 0.25) is 0 Å². The van der Waals surface area contributed by atoms with E-state index in [1.54, 1.807) is 24.4 Å².